The minimum absolute atomic E-state index is 0.00290. The molecule has 0 saturated heterocycles. The highest BCUT2D eigenvalue weighted by Gasteiger charge is 2.21. The van der Waals surface area contributed by atoms with Gasteiger partial charge in [0.05, 0.1) is 12.0 Å². The molecule has 0 fully saturated rings. The van der Waals surface area contributed by atoms with Gasteiger partial charge in [0.1, 0.15) is 6.04 Å². The first-order chi connectivity index (χ1) is 12.1. The lowest BCUT2D eigenvalue weighted by Gasteiger charge is -2.19. The van der Waals surface area contributed by atoms with E-state index in [1.807, 2.05) is 36.6 Å². The Labute approximate surface area is 150 Å². The van der Waals surface area contributed by atoms with Crippen LogP contribution in [0.3, 0.4) is 0 Å². The molecule has 0 aromatic heterocycles. The Morgan fingerprint density at radius 2 is 2.00 bits per heavy atom. The number of non-ortho nitro benzene ring substituents is 1. The molecule has 0 radical (unpaired) electrons. The second-order valence-corrected chi connectivity index (χ2v) is 6.34. The molecule has 1 atom stereocenters. The number of carbonyl (C=O) groups is 1. The van der Waals surface area contributed by atoms with Gasteiger partial charge in [-0.2, -0.15) is 11.8 Å². The number of hydrogen-bond donors (Lipinski definition) is 1. The van der Waals surface area contributed by atoms with Crippen molar-refractivity contribution in [1.29, 1.82) is 0 Å². The molecule has 0 amide bonds. The fourth-order valence-electron chi connectivity index (χ4n) is 2.44. The van der Waals surface area contributed by atoms with Gasteiger partial charge in [-0.1, -0.05) is 30.3 Å². The summed E-state index contributed by atoms with van der Waals surface area (Å²) in [6, 6.07) is 13.4. The molecule has 0 spiro atoms. The van der Waals surface area contributed by atoms with Crippen LogP contribution in [0.25, 0.3) is 11.1 Å². The van der Waals surface area contributed by atoms with Gasteiger partial charge in [-0.15, -0.1) is 0 Å². The fraction of sp³-hybridized carbons (Fsp3) is 0.278. The number of ether oxygens (including phenoxy) is 1. The van der Waals surface area contributed by atoms with E-state index in [9.17, 15) is 14.9 Å². The zero-order valence-electron chi connectivity index (χ0n) is 14.1. The molecule has 0 aliphatic carbocycles. The second-order valence-electron chi connectivity index (χ2n) is 5.35. The van der Waals surface area contributed by atoms with Gasteiger partial charge in [0, 0.05) is 23.4 Å². The van der Waals surface area contributed by atoms with E-state index < -0.39 is 11.0 Å². The Hall–Kier alpha value is -2.54. The number of nitro groups is 1. The van der Waals surface area contributed by atoms with E-state index in [1.54, 1.807) is 17.8 Å². The van der Waals surface area contributed by atoms with Gasteiger partial charge >= 0.3 is 5.97 Å². The number of rotatable bonds is 8. The quantitative estimate of drug-likeness (QED) is 0.436. The molecule has 6 nitrogen and oxygen atoms in total. The number of nitrogens with one attached hydrogen (secondary N) is 1. The second kappa shape index (κ2) is 9.08. The standard InChI is InChI=1S/C18H20N2O4S/c1-24-18(21)17(10-11-25-2)19-16-9-8-14(20(22)23)12-15(16)13-6-4-3-5-7-13/h3-9,12,17,19H,10-11H2,1-2H3/t17-/m0/s1. The van der Waals surface area contributed by atoms with E-state index in [1.165, 1.54) is 19.2 Å². The molecule has 2 rings (SSSR count). The Morgan fingerprint density at radius 3 is 2.60 bits per heavy atom. The largest absolute Gasteiger partial charge is 0.467 e. The Balaban J connectivity index is 2.41. The van der Waals surface area contributed by atoms with Gasteiger partial charge in [0.2, 0.25) is 0 Å². The summed E-state index contributed by atoms with van der Waals surface area (Å²) < 4.78 is 4.87. The highest BCUT2D eigenvalue weighted by Crippen LogP contribution is 2.32. The Bertz CT molecular complexity index is 737. The van der Waals surface area contributed by atoms with Crippen molar-refractivity contribution in [2.24, 2.45) is 0 Å². The minimum atomic E-state index is -0.513. The van der Waals surface area contributed by atoms with Crippen molar-refractivity contribution in [3.05, 3.63) is 58.6 Å². The van der Waals surface area contributed by atoms with E-state index in [4.69, 9.17) is 4.74 Å². The lowest BCUT2D eigenvalue weighted by Crippen LogP contribution is -2.31. The predicted octanol–water partition coefficient (Wildman–Crippen LogP) is 3.97. The zero-order chi connectivity index (χ0) is 18.2. The number of hydrogen-bond acceptors (Lipinski definition) is 6. The van der Waals surface area contributed by atoms with Gasteiger partial charge in [-0.3, -0.25) is 10.1 Å². The number of anilines is 1. The van der Waals surface area contributed by atoms with Crippen molar-refractivity contribution >= 4 is 29.1 Å². The summed E-state index contributed by atoms with van der Waals surface area (Å²) >= 11 is 1.64. The van der Waals surface area contributed by atoms with Crippen LogP contribution >= 0.6 is 11.8 Å². The van der Waals surface area contributed by atoms with Crippen molar-refractivity contribution in [3.63, 3.8) is 0 Å². The van der Waals surface area contributed by atoms with Crippen molar-refractivity contribution in [3.8, 4) is 11.1 Å². The van der Waals surface area contributed by atoms with E-state index in [0.717, 1.165) is 11.3 Å². The molecule has 7 heteroatoms. The maximum absolute atomic E-state index is 12.0. The minimum Gasteiger partial charge on any atom is -0.467 e. The van der Waals surface area contributed by atoms with Crippen LogP contribution in [0, 0.1) is 10.1 Å². The van der Waals surface area contributed by atoms with Gasteiger partial charge in [-0.25, -0.2) is 4.79 Å². The average Bonchev–Trinajstić information content (AvgIpc) is 2.65. The number of methoxy groups -OCH3 is 1. The van der Waals surface area contributed by atoms with Gasteiger partial charge in [-0.05, 0) is 30.1 Å². The molecule has 0 unspecified atom stereocenters. The van der Waals surface area contributed by atoms with Crippen LogP contribution in [-0.4, -0.2) is 36.1 Å². The van der Waals surface area contributed by atoms with Crippen LogP contribution in [0.4, 0.5) is 11.4 Å². The predicted molar refractivity (Wildman–Crippen MR) is 101 cm³/mol. The summed E-state index contributed by atoms with van der Waals surface area (Å²) in [5.74, 6) is 0.437. The van der Waals surface area contributed by atoms with Gasteiger partial charge in [0.25, 0.3) is 5.69 Å². The zero-order valence-corrected chi connectivity index (χ0v) is 14.9. The number of carbonyl (C=O) groups excluding carboxylic acids is 1. The van der Waals surface area contributed by atoms with Crippen LogP contribution in [-0.2, 0) is 9.53 Å². The summed E-state index contributed by atoms with van der Waals surface area (Å²) in [4.78, 5) is 22.7. The summed E-state index contributed by atoms with van der Waals surface area (Å²) in [5, 5.41) is 14.3. The first-order valence-electron chi connectivity index (χ1n) is 7.74. The first-order valence-corrected chi connectivity index (χ1v) is 9.13. The maximum Gasteiger partial charge on any atom is 0.328 e. The Morgan fingerprint density at radius 1 is 1.28 bits per heavy atom. The summed E-state index contributed by atoms with van der Waals surface area (Å²) in [5.41, 5.74) is 2.17. The third-order valence-corrected chi connectivity index (χ3v) is 4.37. The normalized spacial score (nSPS) is 11.6. The molecule has 0 heterocycles. The Kier molecular flexibility index (Phi) is 6.82. The number of thioether (sulfide) groups is 1. The average molecular weight is 360 g/mol. The third-order valence-electron chi connectivity index (χ3n) is 3.72. The van der Waals surface area contributed by atoms with Crippen LogP contribution in [0.5, 0.6) is 0 Å². The monoisotopic (exact) mass is 360 g/mol. The van der Waals surface area contributed by atoms with Crippen LogP contribution < -0.4 is 5.32 Å². The van der Waals surface area contributed by atoms with E-state index in [-0.39, 0.29) is 11.7 Å². The summed E-state index contributed by atoms with van der Waals surface area (Å²) in [7, 11) is 1.35. The lowest BCUT2D eigenvalue weighted by atomic mass is 10.0. The topological polar surface area (TPSA) is 81.5 Å². The third kappa shape index (κ3) is 4.96. The van der Waals surface area contributed by atoms with Crippen molar-refractivity contribution < 1.29 is 14.5 Å². The van der Waals surface area contributed by atoms with E-state index >= 15 is 0 Å². The molecular formula is C18H20N2O4S. The molecule has 2 aromatic carbocycles. The number of esters is 1. The van der Waals surface area contributed by atoms with E-state index in [0.29, 0.717) is 17.7 Å². The molecule has 0 saturated carbocycles. The van der Waals surface area contributed by atoms with Crippen LogP contribution in [0.2, 0.25) is 0 Å². The summed E-state index contributed by atoms with van der Waals surface area (Å²) in [6.45, 7) is 0. The molecule has 25 heavy (non-hydrogen) atoms. The molecule has 2 aromatic rings. The molecular weight excluding hydrogens is 340 g/mol. The number of nitro benzene ring substituents is 1. The fourth-order valence-corrected chi connectivity index (χ4v) is 2.91. The first kappa shape index (κ1) is 18.8. The SMILES string of the molecule is COC(=O)[C@H](CCSC)Nc1ccc([N+](=O)[O-])cc1-c1ccccc1. The molecule has 0 aliphatic rings. The summed E-state index contributed by atoms with van der Waals surface area (Å²) in [6.07, 6.45) is 2.56. The highest BCUT2D eigenvalue weighted by atomic mass is 32.2. The smallest absolute Gasteiger partial charge is 0.328 e. The molecule has 132 valence electrons. The van der Waals surface area contributed by atoms with Gasteiger partial charge in [0.15, 0.2) is 0 Å². The number of nitrogens with zero attached hydrogens (tertiary/aromatic N) is 1. The van der Waals surface area contributed by atoms with Crippen molar-refractivity contribution in [2.45, 2.75) is 12.5 Å². The van der Waals surface area contributed by atoms with Crippen LogP contribution in [0.15, 0.2) is 48.5 Å². The maximum atomic E-state index is 12.0. The highest BCUT2D eigenvalue weighted by molar-refractivity contribution is 7.98. The van der Waals surface area contributed by atoms with Crippen LogP contribution in [0.1, 0.15) is 6.42 Å². The number of benzene rings is 2. The molecule has 1 N–H and O–H groups in total. The van der Waals surface area contributed by atoms with Crippen molar-refractivity contribution in [2.75, 3.05) is 24.4 Å². The van der Waals surface area contributed by atoms with Crippen molar-refractivity contribution in [1.82, 2.24) is 0 Å². The molecule has 0 aliphatic heterocycles. The lowest BCUT2D eigenvalue weighted by molar-refractivity contribution is -0.384. The van der Waals surface area contributed by atoms with E-state index in [2.05, 4.69) is 5.32 Å². The van der Waals surface area contributed by atoms with Gasteiger partial charge < -0.3 is 10.1 Å². The molecule has 0 bridgehead atoms.